The molecular weight excluding hydrogens is 257 g/mol. The molecule has 0 saturated heterocycles. The molecule has 0 aliphatic heterocycles. The summed E-state index contributed by atoms with van der Waals surface area (Å²) in [5, 5.41) is 0. The van der Waals surface area contributed by atoms with E-state index in [-0.39, 0.29) is 22.2 Å². The van der Waals surface area contributed by atoms with E-state index in [9.17, 15) is 0 Å². The monoisotopic (exact) mass is 273 g/mol. The Hall–Kier alpha value is -1.13. The number of aromatic nitrogens is 3. The number of imidazole rings is 1. The maximum atomic E-state index is 4.28. The molecule has 93 valence electrons. The van der Waals surface area contributed by atoms with Gasteiger partial charge in [0.2, 0.25) is 0 Å². The minimum absolute atomic E-state index is 0. The topological polar surface area (TPSA) is 30.7 Å². The van der Waals surface area contributed by atoms with Crippen LogP contribution < -0.4 is 0 Å². The van der Waals surface area contributed by atoms with Crippen molar-refractivity contribution in [3.05, 3.63) is 42.6 Å². The minimum Gasteiger partial charge on any atom is -0.418 e. The van der Waals surface area contributed by atoms with Crippen LogP contribution in [0.25, 0.3) is 5.82 Å². The molecule has 0 aromatic carbocycles. The van der Waals surface area contributed by atoms with Crippen molar-refractivity contribution >= 4 is 0 Å². The van der Waals surface area contributed by atoms with Gasteiger partial charge >= 0.3 is 0 Å². The van der Waals surface area contributed by atoms with Crippen molar-refractivity contribution in [1.82, 2.24) is 14.5 Å². The largest absolute Gasteiger partial charge is 0.418 e. The molecule has 3 nitrogen and oxygen atoms in total. The molecule has 0 amide bonds. The molecule has 1 radical (unpaired) electrons. The van der Waals surface area contributed by atoms with Crippen molar-refractivity contribution in [3.8, 4) is 5.82 Å². The molecule has 2 aromatic rings. The van der Waals surface area contributed by atoms with Gasteiger partial charge < -0.3 is 9.55 Å². The number of rotatable bonds is 2. The summed E-state index contributed by atoms with van der Waals surface area (Å²) in [7, 11) is 0. The van der Waals surface area contributed by atoms with Crippen LogP contribution in [-0.2, 0) is 23.2 Å². The van der Waals surface area contributed by atoms with Gasteiger partial charge in [-0.25, -0.2) is 0 Å². The van der Waals surface area contributed by atoms with Crippen molar-refractivity contribution in [2.75, 3.05) is 0 Å². The Labute approximate surface area is 112 Å². The third kappa shape index (κ3) is 3.98. The molecule has 0 aliphatic carbocycles. The summed E-state index contributed by atoms with van der Waals surface area (Å²) in [5.74, 6) is 0.857. The van der Waals surface area contributed by atoms with Crippen LogP contribution in [-0.4, -0.2) is 14.5 Å². The van der Waals surface area contributed by atoms with Crippen LogP contribution in [0.3, 0.4) is 0 Å². The number of hydrogen-bond acceptors (Lipinski definition) is 2. The zero-order valence-electron chi connectivity index (χ0n) is 10.3. The maximum Gasteiger partial charge on any atom is 0.0547 e. The predicted molar refractivity (Wildman–Crippen MR) is 63.4 cm³/mol. The zero-order chi connectivity index (χ0) is 11.6. The third-order valence-corrected chi connectivity index (χ3v) is 2.19. The van der Waals surface area contributed by atoms with Gasteiger partial charge in [0.25, 0.3) is 0 Å². The molecule has 17 heavy (non-hydrogen) atoms. The van der Waals surface area contributed by atoms with Gasteiger partial charge in [-0.3, -0.25) is 4.98 Å². The van der Waals surface area contributed by atoms with Crippen LogP contribution >= 0.6 is 0 Å². The van der Waals surface area contributed by atoms with Gasteiger partial charge in [0, 0.05) is 29.3 Å². The van der Waals surface area contributed by atoms with E-state index in [4.69, 9.17) is 0 Å². The molecular formula is C13H16CoN3-. The molecule has 0 bridgehead atoms. The average molecular weight is 273 g/mol. The molecule has 2 rings (SSSR count). The van der Waals surface area contributed by atoms with E-state index < -0.39 is 0 Å². The molecule has 0 saturated carbocycles. The molecule has 2 aromatic heterocycles. The summed E-state index contributed by atoms with van der Waals surface area (Å²) in [6.45, 7) is 6.60. The summed E-state index contributed by atoms with van der Waals surface area (Å²) < 4.78 is 1.83. The first kappa shape index (κ1) is 13.9. The molecule has 0 N–H and O–H groups in total. The fourth-order valence-electron chi connectivity index (χ4n) is 1.57. The quantitative estimate of drug-likeness (QED) is 0.787. The fourth-order valence-corrected chi connectivity index (χ4v) is 1.57. The molecule has 0 aliphatic rings. The van der Waals surface area contributed by atoms with Gasteiger partial charge in [0.1, 0.15) is 0 Å². The first-order valence-corrected chi connectivity index (χ1v) is 5.42. The minimum atomic E-state index is 0. The van der Waals surface area contributed by atoms with E-state index in [0.717, 1.165) is 17.9 Å². The Morgan fingerprint density at radius 1 is 1.29 bits per heavy atom. The van der Waals surface area contributed by atoms with Gasteiger partial charge in [-0.1, -0.05) is 44.8 Å². The number of hydrogen-bond donors (Lipinski definition) is 0. The Balaban J connectivity index is 0.00000144. The van der Waals surface area contributed by atoms with E-state index in [1.165, 1.54) is 0 Å². The van der Waals surface area contributed by atoms with Gasteiger partial charge in [-0.05, 0) is 17.9 Å². The van der Waals surface area contributed by atoms with Crippen LogP contribution in [0.15, 0.2) is 30.6 Å². The molecule has 0 fully saturated rings. The fraction of sp³-hybridized carbons (Fsp3) is 0.385. The Morgan fingerprint density at radius 3 is 2.65 bits per heavy atom. The summed E-state index contributed by atoms with van der Waals surface area (Å²) in [5.41, 5.74) is 1.30. The summed E-state index contributed by atoms with van der Waals surface area (Å²) in [6.07, 6.45) is 7.66. The van der Waals surface area contributed by atoms with Gasteiger partial charge in [-0.15, -0.1) is 0 Å². The third-order valence-electron chi connectivity index (χ3n) is 2.19. The Kier molecular flexibility index (Phi) is 4.48. The van der Waals surface area contributed by atoms with E-state index in [1.807, 2.05) is 29.0 Å². The molecule has 0 unspecified atom stereocenters. The average Bonchev–Trinajstić information content (AvgIpc) is 2.65. The van der Waals surface area contributed by atoms with Crippen LogP contribution in [0, 0.1) is 11.7 Å². The van der Waals surface area contributed by atoms with Crippen LogP contribution in [0.1, 0.15) is 26.5 Å². The maximum absolute atomic E-state index is 4.28. The SMILES string of the molecule is CC(C)(C)Cc1cn(-c2ccccn2)[c-]n1.[Co]. The predicted octanol–water partition coefficient (Wildman–Crippen LogP) is 2.65. The standard InChI is InChI=1S/C13H16N3.Co/c1-13(2,3)8-11-9-16(10-15-11)12-6-4-5-7-14-12;/h4-7,9H,8H2,1-3H3;/q-1;. The Morgan fingerprint density at radius 2 is 2.06 bits per heavy atom. The zero-order valence-corrected chi connectivity index (χ0v) is 11.3. The summed E-state index contributed by atoms with van der Waals surface area (Å²) in [6, 6.07) is 5.80. The van der Waals surface area contributed by atoms with Crippen LogP contribution in [0.2, 0.25) is 0 Å². The molecule has 0 spiro atoms. The second-order valence-electron chi connectivity index (χ2n) is 5.13. The normalized spacial score (nSPS) is 11.0. The molecule has 4 heteroatoms. The van der Waals surface area contributed by atoms with Gasteiger partial charge in [0.15, 0.2) is 0 Å². The van der Waals surface area contributed by atoms with Crippen LogP contribution in [0.4, 0.5) is 0 Å². The number of nitrogens with zero attached hydrogens (tertiary/aromatic N) is 3. The van der Waals surface area contributed by atoms with Crippen molar-refractivity contribution in [2.24, 2.45) is 5.41 Å². The van der Waals surface area contributed by atoms with Crippen molar-refractivity contribution in [2.45, 2.75) is 27.2 Å². The Bertz CT molecular complexity index is 457. The first-order valence-electron chi connectivity index (χ1n) is 5.42. The second kappa shape index (κ2) is 5.47. The van der Waals surface area contributed by atoms with E-state index in [1.54, 1.807) is 6.20 Å². The smallest absolute Gasteiger partial charge is 0.0547 e. The van der Waals surface area contributed by atoms with Gasteiger partial charge in [0.05, 0.1) is 5.82 Å². The van der Waals surface area contributed by atoms with Crippen molar-refractivity contribution in [1.29, 1.82) is 0 Å². The van der Waals surface area contributed by atoms with Gasteiger partial charge in [-0.2, -0.15) is 0 Å². The second-order valence-corrected chi connectivity index (χ2v) is 5.13. The van der Waals surface area contributed by atoms with Crippen molar-refractivity contribution < 1.29 is 16.8 Å². The van der Waals surface area contributed by atoms with E-state index in [0.29, 0.717) is 0 Å². The van der Waals surface area contributed by atoms with Crippen LogP contribution in [0.5, 0.6) is 0 Å². The first-order chi connectivity index (χ1) is 7.54. The summed E-state index contributed by atoms with van der Waals surface area (Å²) in [4.78, 5) is 8.53. The van der Waals surface area contributed by atoms with E-state index in [2.05, 4.69) is 37.1 Å². The molecule has 2 heterocycles. The number of pyridine rings is 1. The molecule has 0 atom stereocenters. The van der Waals surface area contributed by atoms with Crippen molar-refractivity contribution in [3.63, 3.8) is 0 Å². The van der Waals surface area contributed by atoms with E-state index >= 15 is 0 Å². The summed E-state index contributed by atoms with van der Waals surface area (Å²) >= 11 is 0.